The van der Waals surface area contributed by atoms with Gasteiger partial charge in [0.1, 0.15) is 0 Å². The summed E-state index contributed by atoms with van der Waals surface area (Å²) in [6, 6.07) is 5.69. The molecule has 1 atom stereocenters. The summed E-state index contributed by atoms with van der Waals surface area (Å²) in [6.07, 6.45) is 2.38. The Morgan fingerprint density at radius 2 is 2.30 bits per heavy atom. The van der Waals surface area contributed by atoms with Crippen LogP contribution in [0.4, 0.5) is 5.69 Å². The van der Waals surface area contributed by atoms with Crippen LogP contribution in [0, 0.1) is 5.92 Å². The number of carboxylic acids is 1. The fraction of sp³-hybridized carbons (Fsp3) is 0.286. The molecule has 3 rings (SSSR count). The van der Waals surface area contributed by atoms with E-state index in [2.05, 4.69) is 25.8 Å². The average molecular weight is 356 g/mol. The molecule has 0 spiro atoms. The van der Waals surface area contributed by atoms with E-state index in [0.29, 0.717) is 18.0 Å². The Labute approximate surface area is 129 Å². The number of hydrogen-bond acceptors (Lipinski definition) is 3. The Bertz CT molecular complexity index is 692. The van der Waals surface area contributed by atoms with Crippen molar-refractivity contribution in [3.8, 4) is 0 Å². The summed E-state index contributed by atoms with van der Waals surface area (Å²) >= 11 is 9.65. The first-order valence-corrected chi connectivity index (χ1v) is 7.45. The number of nitrogens with zero attached hydrogens (tertiary/aromatic N) is 2. The minimum atomic E-state index is -0.731. The van der Waals surface area contributed by atoms with Crippen molar-refractivity contribution in [2.45, 2.75) is 6.42 Å². The number of halogens is 2. The molecule has 1 N–H and O–H groups in total. The van der Waals surface area contributed by atoms with E-state index in [1.54, 1.807) is 6.20 Å². The summed E-state index contributed by atoms with van der Waals surface area (Å²) in [5.74, 6) is -1.04. The summed E-state index contributed by atoms with van der Waals surface area (Å²) in [5.41, 5.74) is 1.73. The van der Waals surface area contributed by atoms with Gasteiger partial charge in [-0.2, -0.15) is 0 Å². The van der Waals surface area contributed by atoms with Gasteiger partial charge in [-0.15, -0.1) is 0 Å². The Hall–Kier alpha value is -1.33. The Balaban J connectivity index is 2.06. The van der Waals surface area contributed by atoms with Crippen molar-refractivity contribution < 1.29 is 9.90 Å². The maximum absolute atomic E-state index is 11.1. The molecule has 0 saturated carbocycles. The molecule has 4 nitrogen and oxygen atoms in total. The minimum Gasteiger partial charge on any atom is -0.481 e. The van der Waals surface area contributed by atoms with E-state index < -0.39 is 5.97 Å². The normalized spacial score (nSPS) is 18.7. The number of rotatable bonds is 2. The van der Waals surface area contributed by atoms with Crippen LogP contribution in [-0.2, 0) is 4.79 Å². The Kier molecular flexibility index (Phi) is 3.56. The molecule has 2 heterocycles. The lowest BCUT2D eigenvalue weighted by molar-refractivity contribution is -0.140. The second kappa shape index (κ2) is 5.22. The van der Waals surface area contributed by atoms with Gasteiger partial charge in [0.15, 0.2) is 0 Å². The molecule has 1 unspecified atom stereocenters. The number of carboxylic acid groups (broad SMARTS) is 1. The minimum absolute atomic E-state index is 0.305. The first-order chi connectivity index (χ1) is 9.56. The van der Waals surface area contributed by atoms with Crippen LogP contribution in [0.15, 0.2) is 28.9 Å². The summed E-state index contributed by atoms with van der Waals surface area (Å²) in [6.45, 7) is 1.26. The van der Waals surface area contributed by atoms with Gasteiger partial charge in [0.25, 0.3) is 0 Å². The number of carbonyl (C=O) groups is 1. The third-order valence-corrected chi connectivity index (χ3v) is 4.36. The lowest BCUT2D eigenvalue weighted by atomic mass is 10.1. The monoisotopic (exact) mass is 354 g/mol. The van der Waals surface area contributed by atoms with Crippen LogP contribution >= 0.6 is 27.5 Å². The second-order valence-corrected chi connectivity index (χ2v) is 6.21. The highest BCUT2D eigenvalue weighted by atomic mass is 79.9. The van der Waals surface area contributed by atoms with Crippen molar-refractivity contribution in [1.82, 2.24) is 4.98 Å². The smallest absolute Gasteiger partial charge is 0.308 e. The van der Waals surface area contributed by atoms with Crippen LogP contribution in [0.5, 0.6) is 0 Å². The molecular formula is C14H12BrClN2O2. The van der Waals surface area contributed by atoms with Crippen molar-refractivity contribution in [1.29, 1.82) is 0 Å². The van der Waals surface area contributed by atoms with Gasteiger partial charge in [0.2, 0.25) is 0 Å². The topological polar surface area (TPSA) is 53.4 Å². The summed E-state index contributed by atoms with van der Waals surface area (Å²) in [5, 5.41) is 10.6. The van der Waals surface area contributed by atoms with Crippen LogP contribution in [-0.4, -0.2) is 29.1 Å². The van der Waals surface area contributed by atoms with Gasteiger partial charge in [-0.25, -0.2) is 0 Å². The first kappa shape index (κ1) is 13.6. The number of pyridine rings is 1. The van der Waals surface area contributed by atoms with Crippen LogP contribution in [0.3, 0.4) is 0 Å². The molecular weight excluding hydrogens is 344 g/mol. The number of aromatic nitrogens is 1. The van der Waals surface area contributed by atoms with Crippen molar-refractivity contribution in [3.05, 3.63) is 33.9 Å². The van der Waals surface area contributed by atoms with Crippen molar-refractivity contribution in [2.75, 3.05) is 18.0 Å². The van der Waals surface area contributed by atoms with Gasteiger partial charge >= 0.3 is 5.97 Å². The average Bonchev–Trinajstić information content (AvgIpc) is 2.87. The fourth-order valence-electron chi connectivity index (χ4n) is 2.62. The molecule has 0 radical (unpaired) electrons. The molecule has 1 aromatic carbocycles. The van der Waals surface area contributed by atoms with Crippen LogP contribution < -0.4 is 4.90 Å². The van der Waals surface area contributed by atoms with Gasteiger partial charge in [-0.1, -0.05) is 27.5 Å². The summed E-state index contributed by atoms with van der Waals surface area (Å²) in [7, 11) is 0. The SMILES string of the molecule is O=C(O)C1CCN(c2ccnc3c(Cl)cc(Br)cc23)C1. The van der Waals surface area contributed by atoms with E-state index in [9.17, 15) is 4.79 Å². The quantitative estimate of drug-likeness (QED) is 0.895. The zero-order valence-electron chi connectivity index (χ0n) is 10.5. The van der Waals surface area contributed by atoms with Crippen molar-refractivity contribution >= 4 is 50.1 Å². The summed E-state index contributed by atoms with van der Waals surface area (Å²) in [4.78, 5) is 17.5. The number of hydrogen-bond donors (Lipinski definition) is 1. The van der Waals surface area contributed by atoms with Crippen LogP contribution in [0.25, 0.3) is 10.9 Å². The van der Waals surface area contributed by atoms with Gasteiger partial charge in [-0.3, -0.25) is 9.78 Å². The maximum atomic E-state index is 11.1. The van der Waals surface area contributed by atoms with E-state index in [4.69, 9.17) is 16.7 Å². The molecule has 1 aliphatic rings. The molecule has 1 saturated heterocycles. The molecule has 2 aromatic rings. The second-order valence-electron chi connectivity index (χ2n) is 4.88. The highest BCUT2D eigenvalue weighted by Crippen LogP contribution is 2.35. The van der Waals surface area contributed by atoms with Crippen LogP contribution in [0.1, 0.15) is 6.42 Å². The number of anilines is 1. The molecule has 0 amide bonds. The molecule has 0 aliphatic carbocycles. The summed E-state index contributed by atoms with van der Waals surface area (Å²) < 4.78 is 0.887. The van der Waals surface area contributed by atoms with Gasteiger partial charge < -0.3 is 10.0 Å². The van der Waals surface area contributed by atoms with Crippen LogP contribution in [0.2, 0.25) is 5.02 Å². The van der Waals surface area contributed by atoms with Crippen molar-refractivity contribution in [2.24, 2.45) is 5.92 Å². The number of fused-ring (bicyclic) bond motifs is 1. The molecule has 6 heteroatoms. The Morgan fingerprint density at radius 1 is 1.50 bits per heavy atom. The maximum Gasteiger partial charge on any atom is 0.308 e. The largest absolute Gasteiger partial charge is 0.481 e. The fourth-order valence-corrected chi connectivity index (χ4v) is 3.48. The van der Waals surface area contributed by atoms with E-state index in [1.165, 1.54) is 0 Å². The molecule has 1 fully saturated rings. The van der Waals surface area contributed by atoms with E-state index in [-0.39, 0.29) is 5.92 Å². The zero-order chi connectivity index (χ0) is 14.3. The van der Waals surface area contributed by atoms with Gasteiger partial charge in [0.05, 0.1) is 16.5 Å². The van der Waals surface area contributed by atoms with E-state index in [0.717, 1.165) is 27.6 Å². The first-order valence-electron chi connectivity index (χ1n) is 6.28. The highest BCUT2D eigenvalue weighted by Gasteiger charge is 2.29. The number of benzene rings is 1. The third-order valence-electron chi connectivity index (χ3n) is 3.62. The van der Waals surface area contributed by atoms with Gasteiger partial charge in [-0.05, 0) is 24.6 Å². The lowest BCUT2D eigenvalue weighted by Gasteiger charge is -2.20. The molecule has 0 bridgehead atoms. The molecule has 20 heavy (non-hydrogen) atoms. The van der Waals surface area contributed by atoms with E-state index >= 15 is 0 Å². The zero-order valence-corrected chi connectivity index (χ0v) is 12.9. The molecule has 1 aromatic heterocycles. The third kappa shape index (κ3) is 2.36. The van der Waals surface area contributed by atoms with E-state index in [1.807, 2.05) is 18.2 Å². The Morgan fingerprint density at radius 3 is 3.00 bits per heavy atom. The standard InChI is InChI=1S/C14H12BrClN2O2/c15-9-5-10-12(1-3-17-13(10)11(16)6-9)18-4-2-8(7-18)14(19)20/h1,3,5-6,8H,2,4,7H2,(H,19,20). The lowest BCUT2D eigenvalue weighted by Crippen LogP contribution is -2.22. The molecule has 104 valence electrons. The number of aliphatic carboxylic acids is 1. The molecule has 1 aliphatic heterocycles. The predicted octanol–water partition coefficient (Wildman–Crippen LogP) is 3.56. The highest BCUT2D eigenvalue weighted by molar-refractivity contribution is 9.10. The predicted molar refractivity (Wildman–Crippen MR) is 82.4 cm³/mol. The van der Waals surface area contributed by atoms with Gasteiger partial charge in [0, 0.05) is 34.8 Å². The van der Waals surface area contributed by atoms with Crippen molar-refractivity contribution in [3.63, 3.8) is 0 Å².